The summed E-state index contributed by atoms with van der Waals surface area (Å²) in [6.45, 7) is 0.781. The quantitative estimate of drug-likeness (QED) is 0.709. The zero-order valence-electron chi connectivity index (χ0n) is 14.6. The molecule has 1 N–H and O–H groups in total. The fraction of sp³-hybridized carbons (Fsp3) is 0.222. The predicted octanol–water partition coefficient (Wildman–Crippen LogP) is 1.40. The number of benzene rings is 1. The molecule has 0 saturated heterocycles. The molecule has 0 fully saturated rings. The lowest BCUT2D eigenvalue weighted by Crippen LogP contribution is -2.40. The van der Waals surface area contributed by atoms with Gasteiger partial charge < -0.3 is 10.0 Å². The fourth-order valence-corrected chi connectivity index (χ4v) is 3.18. The number of β-amino-alcohol motifs (C(OH)–C–C–N with tert-alkyl or cyclic N) is 1. The van der Waals surface area contributed by atoms with Gasteiger partial charge in [-0.2, -0.15) is 19.9 Å². The van der Waals surface area contributed by atoms with Gasteiger partial charge in [0.15, 0.2) is 5.82 Å². The molecule has 4 rings (SSSR count). The lowest BCUT2D eigenvalue weighted by atomic mass is 9.97. The molecule has 1 aromatic carbocycles. The summed E-state index contributed by atoms with van der Waals surface area (Å²) in [5, 5.41) is 19.1. The van der Waals surface area contributed by atoms with Crippen molar-refractivity contribution in [1.29, 1.82) is 0 Å². The number of hydrogen-bond acceptors (Lipinski definition) is 6. The third-order valence-electron chi connectivity index (χ3n) is 4.41. The molecule has 10 heteroatoms. The molecule has 3 heterocycles. The van der Waals surface area contributed by atoms with Crippen LogP contribution in [0.15, 0.2) is 53.7 Å². The zero-order valence-corrected chi connectivity index (χ0v) is 15.4. The maximum absolute atomic E-state index is 13.1. The predicted molar refractivity (Wildman–Crippen MR) is 102 cm³/mol. The van der Waals surface area contributed by atoms with Gasteiger partial charge in [-0.25, -0.2) is 13.9 Å². The minimum Gasteiger partial charge on any atom is -0.387 e. The van der Waals surface area contributed by atoms with Crippen molar-refractivity contribution < 1.29 is 9.50 Å². The summed E-state index contributed by atoms with van der Waals surface area (Å²) in [7, 11) is 0. The summed E-state index contributed by atoms with van der Waals surface area (Å²) >= 11 is 5.81. The lowest BCUT2D eigenvalue weighted by molar-refractivity contribution is 0.233. The van der Waals surface area contributed by atoms with Gasteiger partial charge in [-0.3, -0.25) is 0 Å². The van der Waals surface area contributed by atoms with E-state index < -0.39 is 11.8 Å². The summed E-state index contributed by atoms with van der Waals surface area (Å²) in [5.41, 5.74) is 0.938. The topological polar surface area (TPSA) is 89.1 Å². The molecule has 28 heavy (non-hydrogen) atoms. The van der Waals surface area contributed by atoms with Gasteiger partial charge in [0.2, 0.25) is 0 Å². The molecule has 0 aliphatic carbocycles. The van der Waals surface area contributed by atoms with Crippen LogP contribution in [0.5, 0.6) is 0 Å². The SMILES string of the molecule is O=c1nc(N2CC=C(c3ccc(F)cc3)[C@@H](O)C2)cnn1Cn1cc(Cl)cn1. The third kappa shape index (κ3) is 3.80. The number of anilines is 1. The van der Waals surface area contributed by atoms with Crippen LogP contribution in [0.25, 0.3) is 5.57 Å². The van der Waals surface area contributed by atoms with E-state index in [0.717, 1.165) is 10.2 Å². The minimum atomic E-state index is -0.797. The molecule has 0 radical (unpaired) electrons. The molecule has 0 amide bonds. The van der Waals surface area contributed by atoms with Crippen LogP contribution in [0.1, 0.15) is 5.56 Å². The van der Waals surface area contributed by atoms with Gasteiger partial charge in [-0.15, -0.1) is 0 Å². The maximum Gasteiger partial charge on any atom is 0.367 e. The summed E-state index contributed by atoms with van der Waals surface area (Å²) in [5.74, 6) is 0.0395. The number of hydrogen-bond donors (Lipinski definition) is 1. The van der Waals surface area contributed by atoms with Gasteiger partial charge in [-0.05, 0) is 23.3 Å². The van der Waals surface area contributed by atoms with Crippen molar-refractivity contribution in [1.82, 2.24) is 24.5 Å². The molecule has 0 saturated carbocycles. The van der Waals surface area contributed by atoms with Crippen LogP contribution in [0.4, 0.5) is 10.2 Å². The molecule has 8 nitrogen and oxygen atoms in total. The van der Waals surface area contributed by atoms with E-state index >= 15 is 0 Å². The van der Waals surface area contributed by atoms with E-state index in [9.17, 15) is 14.3 Å². The van der Waals surface area contributed by atoms with Gasteiger partial charge in [0, 0.05) is 19.3 Å². The maximum atomic E-state index is 13.1. The molecule has 2 aromatic heterocycles. The van der Waals surface area contributed by atoms with Gasteiger partial charge >= 0.3 is 5.69 Å². The number of halogens is 2. The van der Waals surface area contributed by atoms with Crippen LogP contribution in [0, 0.1) is 5.82 Å². The van der Waals surface area contributed by atoms with Gasteiger partial charge in [-0.1, -0.05) is 29.8 Å². The number of aromatic nitrogens is 5. The Balaban J connectivity index is 1.51. The van der Waals surface area contributed by atoms with Crippen molar-refractivity contribution in [3.8, 4) is 0 Å². The highest BCUT2D eigenvalue weighted by Crippen LogP contribution is 2.24. The second-order valence-corrected chi connectivity index (χ2v) is 6.76. The van der Waals surface area contributed by atoms with E-state index in [0.29, 0.717) is 23.0 Å². The molecular formula is C18H16ClFN6O2. The smallest absolute Gasteiger partial charge is 0.367 e. The van der Waals surface area contributed by atoms with Crippen molar-refractivity contribution in [2.45, 2.75) is 12.8 Å². The minimum absolute atomic E-state index is 0.0933. The standard InChI is InChI=1S/C18H16ClFN6O2/c19-13-7-21-25(9-13)11-26-18(28)23-17(8-22-26)24-6-5-15(16(27)10-24)12-1-3-14(20)4-2-12/h1-5,7-9,16,27H,6,10-11H2/t16-/m0/s1. The van der Waals surface area contributed by atoms with Crippen LogP contribution >= 0.6 is 11.6 Å². The Morgan fingerprint density at radius 3 is 2.64 bits per heavy atom. The molecule has 1 atom stereocenters. The van der Waals surface area contributed by atoms with Gasteiger partial charge in [0.25, 0.3) is 0 Å². The van der Waals surface area contributed by atoms with Crippen LogP contribution < -0.4 is 10.6 Å². The Morgan fingerprint density at radius 2 is 2.00 bits per heavy atom. The second-order valence-electron chi connectivity index (χ2n) is 6.32. The fourth-order valence-electron chi connectivity index (χ4n) is 3.02. The van der Waals surface area contributed by atoms with Crippen molar-refractivity contribution in [2.75, 3.05) is 18.0 Å². The molecule has 1 aliphatic heterocycles. The molecule has 3 aromatic rings. The van der Waals surface area contributed by atoms with Crippen molar-refractivity contribution >= 4 is 23.0 Å². The first-order valence-corrected chi connectivity index (χ1v) is 8.88. The van der Waals surface area contributed by atoms with Crippen molar-refractivity contribution in [2.24, 2.45) is 0 Å². The van der Waals surface area contributed by atoms with Crippen LogP contribution in [0.3, 0.4) is 0 Å². The van der Waals surface area contributed by atoms with E-state index in [1.54, 1.807) is 23.2 Å². The number of rotatable bonds is 4. The summed E-state index contributed by atoms with van der Waals surface area (Å²) < 4.78 is 15.7. The molecule has 0 unspecified atom stereocenters. The Kier molecular flexibility index (Phi) is 4.93. The summed E-state index contributed by atoms with van der Waals surface area (Å²) in [6.07, 6.45) is 5.55. The number of aliphatic hydroxyl groups excluding tert-OH is 1. The van der Waals surface area contributed by atoms with E-state index in [2.05, 4.69) is 15.2 Å². The zero-order chi connectivity index (χ0) is 19.7. The average Bonchev–Trinajstić information content (AvgIpc) is 3.09. The number of aliphatic hydroxyl groups is 1. The Labute approximate surface area is 164 Å². The van der Waals surface area contributed by atoms with Gasteiger partial charge in [0.05, 0.1) is 23.5 Å². The van der Waals surface area contributed by atoms with E-state index in [-0.39, 0.29) is 19.0 Å². The number of nitrogens with zero attached hydrogens (tertiary/aromatic N) is 6. The highest BCUT2D eigenvalue weighted by Gasteiger charge is 2.23. The molecule has 1 aliphatic rings. The first-order valence-electron chi connectivity index (χ1n) is 8.51. The van der Waals surface area contributed by atoms with Crippen molar-refractivity contribution in [3.05, 3.63) is 75.8 Å². The lowest BCUT2D eigenvalue weighted by Gasteiger charge is -2.31. The van der Waals surface area contributed by atoms with Crippen LogP contribution in [0.2, 0.25) is 5.02 Å². The first-order chi connectivity index (χ1) is 13.5. The highest BCUT2D eigenvalue weighted by atomic mass is 35.5. The molecule has 144 valence electrons. The average molecular weight is 403 g/mol. The molecular weight excluding hydrogens is 387 g/mol. The van der Waals surface area contributed by atoms with E-state index in [1.165, 1.54) is 29.2 Å². The Morgan fingerprint density at radius 1 is 1.21 bits per heavy atom. The first kappa shape index (κ1) is 18.3. The Hall–Kier alpha value is -3.04. The normalized spacial score (nSPS) is 16.9. The van der Waals surface area contributed by atoms with E-state index in [1.807, 2.05) is 6.08 Å². The third-order valence-corrected chi connectivity index (χ3v) is 4.60. The van der Waals surface area contributed by atoms with Crippen molar-refractivity contribution in [3.63, 3.8) is 0 Å². The van der Waals surface area contributed by atoms with Crippen LogP contribution in [-0.4, -0.2) is 48.8 Å². The van der Waals surface area contributed by atoms with Crippen LogP contribution in [-0.2, 0) is 6.67 Å². The Bertz CT molecular complexity index is 1080. The molecule has 0 bridgehead atoms. The molecule has 0 spiro atoms. The second kappa shape index (κ2) is 7.53. The summed E-state index contributed by atoms with van der Waals surface area (Å²) in [6, 6.07) is 5.96. The van der Waals surface area contributed by atoms with E-state index in [4.69, 9.17) is 11.6 Å². The summed E-state index contributed by atoms with van der Waals surface area (Å²) in [4.78, 5) is 18.1. The largest absolute Gasteiger partial charge is 0.387 e. The highest BCUT2D eigenvalue weighted by molar-refractivity contribution is 6.30. The monoisotopic (exact) mass is 402 g/mol. The van der Waals surface area contributed by atoms with Gasteiger partial charge in [0.1, 0.15) is 12.5 Å².